The molecule has 0 heterocycles. The van der Waals surface area contributed by atoms with Gasteiger partial charge in [-0.2, -0.15) is 0 Å². The molecule has 4 bridgehead atoms. The van der Waals surface area contributed by atoms with Gasteiger partial charge in [-0.1, -0.05) is 25.0 Å². The Hall–Kier alpha value is -1.31. The molecule has 2 nitrogen and oxygen atoms in total. The van der Waals surface area contributed by atoms with Gasteiger partial charge in [-0.25, -0.2) is 0 Å². The first-order valence-electron chi connectivity index (χ1n) is 9.39. The van der Waals surface area contributed by atoms with Gasteiger partial charge in [0.25, 0.3) is 0 Å². The van der Waals surface area contributed by atoms with Gasteiger partial charge in [-0.15, -0.1) is 0 Å². The molecule has 0 amide bonds. The minimum absolute atomic E-state index is 0.549. The number of rotatable bonds is 4. The van der Waals surface area contributed by atoms with Crippen LogP contribution in [-0.2, 0) is 0 Å². The minimum atomic E-state index is 0.549. The number of hydrogen-bond donors (Lipinski definition) is 0. The largest absolute Gasteiger partial charge is 0.378 e. The molecule has 0 spiro atoms. The van der Waals surface area contributed by atoms with Crippen LogP contribution in [0.1, 0.15) is 50.5 Å². The molecule has 4 aliphatic carbocycles. The zero-order valence-corrected chi connectivity index (χ0v) is 14.7. The highest BCUT2D eigenvalue weighted by Crippen LogP contribution is 2.57. The van der Waals surface area contributed by atoms with Crippen molar-refractivity contribution in [3.05, 3.63) is 29.8 Å². The number of anilines is 1. The second kappa shape index (κ2) is 5.96. The van der Waals surface area contributed by atoms with Crippen molar-refractivity contribution >= 4 is 11.9 Å². The van der Waals surface area contributed by atoms with Crippen LogP contribution in [0, 0.1) is 23.2 Å². The first-order valence-corrected chi connectivity index (χ1v) is 9.39. The average molecular weight is 310 g/mol. The summed E-state index contributed by atoms with van der Waals surface area (Å²) in [4.78, 5) is 7.05. The van der Waals surface area contributed by atoms with E-state index in [0.717, 1.165) is 24.3 Å². The summed E-state index contributed by atoms with van der Waals surface area (Å²) in [5, 5.41) is 0. The first kappa shape index (κ1) is 15.2. The Kier molecular flexibility index (Phi) is 3.95. The average Bonchev–Trinajstić information content (AvgIpc) is 2.73. The van der Waals surface area contributed by atoms with E-state index in [4.69, 9.17) is 4.99 Å². The lowest BCUT2D eigenvalue weighted by atomic mass is 9.58. The zero-order valence-electron chi connectivity index (χ0n) is 14.7. The summed E-state index contributed by atoms with van der Waals surface area (Å²) in [5.41, 5.74) is 3.03. The van der Waals surface area contributed by atoms with Gasteiger partial charge in [0.1, 0.15) is 0 Å². The Morgan fingerprint density at radius 2 is 1.61 bits per heavy atom. The Morgan fingerprint density at radius 3 is 2.22 bits per heavy atom. The fraction of sp³-hybridized carbons (Fsp3) is 0.667. The molecule has 2 heteroatoms. The maximum atomic E-state index is 4.91. The van der Waals surface area contributed by atoms with Gasteiger partial charge in [-0.3, -0.25) is 4.99 Å². The molecule has 0 radical (unpaired) electrons. The Balaban J connectivity index is 1.44. The summed E-state index contributed by atoms with van der Waals surface area (Å²) in [6.07, 6.45) is 12.5. The van der Waals surface area contributed by atoms with Crippen molar-refractivity contribution in [3.8, 4) is 0 Å². The van der Waals surface area contributed by atoms with E-state index in [0.29, 0.717) is 5.41 Å². The quantitative estimate of drug-likeness (QED) is 0.731. The summed E-state index contributed by atoms with van der Waals surface area (Å²) in [5.74, 6) is 3.04. The van der Waals surface area contributed by atoms with Crippen molar-refractivity contribution < 1.29 is 0 Å². The lowest BCUT2D eigenvalue weighted by molar-refractivity contribution is 0.0428. The lowest BCUT2D eigenvalue weighted by Gasteiger charge is -2.47. The van der Waals surface area contributed by atoms with Crippen LogP contribution in [0.15, 0.2) is 29.3 Å². The van der Waals surface area contributed by atoms with Crippen molar-refractivity contribution in [2.45, 2.75) is 44.9 Å². The van der Waals surface area contributed by atoms with Gasteiger partial charge < -0.3 is 4.90 Å². The molecule has 23 heavy (non-hydrogen) atoms. The van der Waals surface area contributed by atoms with Crippen LogP contribution in [0.3, 0.4) is 0 Å². The normalized spacial score (nSPS) is 35.7. The van der Waals surface area contributed by atoms with E-state index < -0.39 is 0 Å². The standard InChI is InChI=1S/C21H30N2/c1-23(2)20-7-5-16(6-8-20)14-22-15-21-11-17-3-4-18(12-21)10-19(9-17)13-21/h5-8,14,17-19H,3-4,9-13,15H2,1-2H3/t17-,18-,19?,21?/m0/s1. The first-order chi connectivity index (χ1) is 11.1. The van der Waals surface area contributed by atoms with Gasteiger partial charge in [0.15, 0.2) is 0 Å². The maximum absolute atomic E-state index is 4.91. The third kappa shape index (κ3) is 3.18. The molecule has 0 saturated heterocycles. The highest BCUT2D eigenvalue weighted by atomic mass is 15.1. The third-order valence-corrected chi connectivity index (χ3v) is 6.56. The van der Waals surface area contributed by atoms with Crippen LogP contribution in [0.2, 0.25) is 0 Å². The molecule has 4 saturated carbocycles. The van der Waals surface area contributed by atoms with E-state index in [-0.39, 0.29) is 0 Å². The van der Waals surface area contributed by atoms with Gasteiger partial charge in [0.05, 0.1) is 0 Å². The van der Waals surface area contributed by atoms with Crippen molar-refractivity contribution in [2.24, 2.45) is 28.2 Å². The highest BCUT2D eigenvalue weighted by Gasteiger charge is 2.48. The third-order valence-electron chi connectivity index (χ3n) is 6.56. The molecule has 1 aromatic rings. The summed E-state index contributed by atoms with van der Waals surface area (Å²) in [6, 6.07) is 8.73. The predicted octanol–water partition coefficient (Wildman–Crippen LogP) is 4.78. The van der Waals surface area contributed by atoms with Crippen LogP contribution in [0.5, 0.6) is 0 Å². The number of hydrogen-bond acceptors (Lipinski definition) is 2. The molecule has 0 aliphatic heterocycles. The molecule has 4 fully saturated rings. The van der Waals surface area contributed by atoms with Crippen molar-refractivity contribution in [2.75, 3.05) is 25.5 Å². The minimum Gasteiger partial charge on any atom is -0.378 e. The Labute approximate surface area is 141 Å². The predicted molar refractivity (Wildman–Crippen MR) is 98.5 cm³/mol. The van der Waals surface area contributed by atoms with E-state index in [1.165, 1.54) is 56.2 Å². The summed E-state index contributed by atoms with van der Waals surface area (Å²) in [6.45, 7) is 1.06. The van der Waals surface area contributed by atoms with E-state index in [9.17, 15) is 0 Å². The molecular formula is C21H30N2. The molecular weight excluding hydrogens is 280 g/mol. The lowest BCUT2D eigenvalue weighted by Crippen LogP contribution is -2.39. The number of benzene rings is 1. The van der Waals surface area contributed by atoms with Crippen LogP contribution in [0.25, 0.3) is 0 Å². The van der Waals surface area contributed by atoms with Crippen LogP contribution in [0.4, 0.5) is 5.69 Å². The van der Waals surface area contributed by atoms with Crippen LogP contribution in [-0.4, -0.2) is 26.9 Å². The smallest absolute Gasteiger partial charge is 0.0446 e. The molecule has 5 rings (SSSR count). The second-order valence-electron chi connectivity index (χ2n) is 8.71. The van der Waals surface area contributed by atoms with Crippen LogP contribution < -0.4 is 4.90 Å². The zero-order chi connectivity index (χ0) is 15.9. The van der Waals surface area contributed by atoms with Crippen molar-refractivity contribution in [3.63, 3.8) is 0 Å². The Bertz CT molecular complexity index is 556. The van der Waals surface area contributed by atoms with Gasteiger partial charge >= 0.3 is 0 Å². The van der Waals surface area contributed by atoms with Crippen molar-refractivity contribution in [1.82, 2.24) is 0 Å². The molecule has 1 aromatic carbocycles. The SMILES string of the molecule is CN(C)c1ccc(C=NCC23CC4C[C@H](CC[C@@H](C4)C2)C3)cc1. The summed E-state index contributed by atoms with van der Waals surface area (Å²) < 4.78 is 0. The van der Waals surface area contributed by atoms with E-state index in [1.807, 2.05) is 0 Å². The fourth-order valence-electron chi connectivity index (χ4n) is 5.77. The summed E-state index contributed by atoms with van der Waals surface area (Å²) in [7, 11) is 4.16. The monoisotopic (exact) mass is 310 g/mol. The molecule has 4 aliphatic rings. The molecule has 0 unspecified atom stereocenters. The number of aliphatic imine (C=N–C) groups is 1. The molecule has 0 aromatic heterocycles. The molecule has 124 valence electrons. The summed E-state index contributed by atoms with van der Waals surface area (Å²) >= 11 is 0. The van der Waals surface area contributed by atoms with E-state index >= 15 is 0 Å². The number of nitrogens with zero attached hydrogens (tertiary/aromatic N) is 2. The van der Waals surface area contributed by atoms with Crippen molar-refractivity contribution in [1.29, 1.82) is 0 Å². The van der Waals surface area contributed by atoms with Crippen LogP contribution >= 0.6 is 0 Å². The van der Waals surface area contributed by atoms with E-state index in [1.54, 1.807) is 0 Å². The number of fused-ring (bicyclic) bond motifs is 1. The van der Waals surface area contributed by atoms with Gasteiger partial charge in [0, 0.05) is 32.5 Å². The Morgan fingerprint density at radius 1 is 1.00 bits per heavy atom. The van der Waals surface area contributed by atoms with E-state index in [2.05, 4.69) is 49.5 Å². The highest BCUT2D eigenvalue weighted by molar-refractivity contribution is 5.80. The maximum Gasteiger partial charge on any atom is 0.0446 e. The fourth-order valence-corrected chi connectivity index (χ4v) is 5.77. The van der Waals surface area contributed by atoms with Gasteiger partial charge in [0.2, 0.25) is 0 Å². The topological polar surface area (TPSA) is 15.6 Å². The molecule has 2 atom stereocenters. The molecule has 0 N–H and O–H groups in total. The van der Waals surface area contributed by atoms with Gasteiger partial charge in [-0.05, 0) is 73.0 Å². The second-order valence-corrected chi connectivity index (χ2v) is 8.71.